The van der Waals surface area contributed by atoms with Gasteiger partial charge in [0.1, 0.15) is 5.75 Å². The average molecular weight is 342 g/mol. The van der Waals surface area contributed by atoms with Gasteiger partial charge < -0.3 is 15.2 Å². The van der Waals surface area contributed by atoms with Gasteiger partial charge in [0.05, 0.1) is 10.6 Å². The summed E-state index contributed by atoms with van der Waals surface area (Å²) >= 11 is 3.41. The van der Waals surface area contributed by atoms with Gasteiger partial charge in [-0.15, -0.1) is 0 Å². The smallest absolute Gasteiger partial charge is 0.257 e. The molecule has 0 saturated heterocycles. The summed E-state index contributed by atoms with van der Waals surface area (Å²) < 4.78 is 6.33. The number of carbonyl (C=O) groups is 1. The van der Waals surface area contributed by atoms with E-state index in [0.717, 1.165) is 29.3 Å². The number of benzene rings is 1. The maximum absolute atomic E-state index is 11.7. The average Bonchev–Trinajstić information content (AvgIpc) is 2.81. The Morgan fingerprint density at radius 1 is 1.50 bits per heavy atom. The van der Waals surface area contributed by atoms with Crippen LogP contribution >= 0.6 is 15.9 Å². The van der Waals surface area contributed by atoms with Gasteiger partial charge >= 0.3 is 0 Å². The van der Waals surface area contributed by atoms with Gasteiger partial charge in [-0.25, -0.2) is 0 Å². The molecule has 1 aliphatic carbocycles. The van der Waals surface area contributed by atoms with Crippen LogP contribution in [0.3, 0.4) is 0 Å². The van der Waals surface area contributed by atoms with Crippen molar-refractivity contribution in [3.8, 4) is 5.75 Å². The molecule has 0 spiro atoms. The molecule has 5 heteroatoms. The van der Waals surface area contributed by atoms with Crippen LogP contribution in [0.25, 0.3) is 0 Å². The van der Waals surface area contributed by atoms with E-state index < -0.39 is 0 Å². The lowest BCUT2D eigenvalue weighted by molar-refractivity contribution is -0.123. The maximum atomic E-state index is 11.7. The third-order valence-electron chi connectivity index (χ3n) is 3.55. The fraction of sp³-hybridized carbons (Fsp3) is 0.533. The van der Waals surface area contributed by atoms with Crippen molar-refractivity contribution in [2.75, 3.05) is 13.2 Å². The Labute approximate surface area is 127 Å². The molecule has 2 atom stereocenters. The van der Waals surface area contributed by atoms with Crippen LogP contribution in [-0.4, -0.2) is 30.3 Å². The van der Waals surface area contributed by atoms with Crippen LogP contribution in [0.4, 0.5) is 0 Å². The van der Waals surface area contributed by atoms with Crippen molar-refractivity contribution in [2.45, 2.75) is 32.3 Å². The van der Waals surface area contributed by atoms with Crippen molar-refractivity contribution in [1.82, 2.24) is 5.32 Å². The second kappa shape index (κ2) is 7.09. The molecule has 0 aromatic heterocycles. The first kappa shape index (κ1) is 15.3. The van der Waals surface area contributed by atoms with Crippen molar-refractivity contribution in [1.29, 1.82) is 0 Å². The summed E-state index contributed by atoms with van der Waals surface area (Å²) in [4.78, 5) is 11.7. The Hall–Kier alpha value is -1.07. The Morgan fingerprint density at radius 3 is 2.95 bits per heavy atom. The van der Waals surface area contributed by atoms with E-state index in [0.29, 0.717) is 18.2 Å². The van der Waals surface area contributed by atoms with Crippen LogP contribution in [0.1, 0.15) is 24.8 Å². The minimum Gasteiger partial charge on any atom is -0.483 e. The second-order valence-electron chi connectivity index (χ2n) is 5.36. The van der Waals surface area contributed by atoms with Gasteiger partial charge in [0.2, 0.25) is 0 Å². The van der Waals surface area contributed by atoms with E-state index in [4.69, 9.17) is 4.74 Å². The van der Waals surface area contributed by atoms with E-state index in [1.807, 2.05) is 25.1 Å². The van der Waals surface area contributed by atoms with E-state index >= 15 is 0 Å². The number of ether oxygens (including phenoxy) is 1. The van der Waals surface area contributed by atoms with E-state index in [1.165, 1.54) is 0 Å². The fourth-order valence-corrected chi connectivity index (χ4v) is 3.02. The number of hydrogen-bond donors (Lipinski definition) is 2. The molecule has 1 saturated carbocycles. The Bertz CT molecular complexity index is 478. The van der Waals surface area contributed by atoms with Crippen LogP contribution in [0.2, 0.25) is 0 Å². The summed E-state index contributed by atoms with van der Waals surface area (Å²) in [7, 11) is 0. The number of carbonyl (C=O) groups excluding carboxylic acids is 1. The minimum atomic E-state index is -0.198. The topological polar surface area (TPSA) is 58.6 Å². The molecule has 20 heavy (non-hydrogen) atoms. The SMILES string of the molecule is Cc1ccc(OCC(=O)NCC2CCC(O)C2)c(Br)c1. The molecule has 0 heterocycles. The van der Waals surface area contributed by atoms with Crippen LogP contribution < -0.4 is 10.1 Å². The van der Waals surface area contributed by atoms with Gasteiger partial charge in [0, 0.05) is 6.54 Å². The number of nitrogens with one attached hydrogen (secondary N) is 1. The number of halogens is 1. The van der Waals surface area contributed by atoms with Gasteiger partial charge in [-0.1, -0.05) is 6.07 Å². The van der Waals surface area contributed by atoms with E-state index in [9.17, 15) is 9.90 Å². The van der Waals surface area contributed by atoms with Crippen molar-refractivity contribution in [3.05, 3.63) is 28.2 Å². The normalized spacial score (nSPS) is 21.8. The largest absolute Gasteiger partial charge is 0.483 e. The van der Waals surface area contributed by atoms with Gasteiger partial charge in [-0.3, -0.25) is 4.79 Å². The molecule has 1 aromatic carbocycles. The standard InChI is InChI=1S/C15H20BrNO3/c1-10-2-5-14(13(16)6-10)20-9-15(19)17-8-11-3-4-12(18)7-11/h2,5-6,11-12,18H,3-4,7-9H2,1H3,(H,17,19). The number of aliphatic hydroxyl groups excluding tert-OH is 1. The molecular weight excluding hydrogens is 322 g/mol. The highest BCUT2D eigenvalue weighted by atomic mass is 79.9. The Kier molecular flexibility index (Phi) is 5.43. The summed E-state index contributed by atoms with van der Waals surface area (Å²) in [5, 5.41) is 12.3. The highest BCUT2D eigenvalue weighted by Crippen LogP contribution is 2.26. The Balaban J connectivity index is 1.72. The van der Waals surface area contributed by atoms with Gasteiger partial charge in [0.25, 0.3) is 5.91 Å². The van der Waals surface area contributed by atoms with E-state index in [-0.39, 0.29) is 18.6 Å². The molecule has 0 aliphatic heterocycles. The molecule has 1 amide bonds. The molecule has 0 bridgehead atoms. The van der Waals surface area contributed by atoms with Gasteiger partial charge in [-0.2, -0.15) is 0 Å². The van der Waals surface area contributed by atoms with E-state index in [1.54, 1.807) is 0 Å². The second-order valence-corrected chi connectivity index (χ2v) is 6.21. The van der Waals surface area contributed by atoms with E-state index in [2.05, 4.69) is 21.2 Å². The lowest BCUT2D eigenvalue weighted by atomic mass is 10.1. The highest BCUT2D eigenvalue weighted by molar-refractivity contribution is 9.10. The third-order valence-corrected chi connectivity index (χ3v) is 4.17. The lowest BCUT2D eigenvalue weighted by Crippen LogP contribution is -2.32. The summed E-state index contributed by atoms with van der Waals surface area (Å²) in [5.74, 6) is 0.931. The maximum Gasteiger partial charge on any atom is 0.257 e. The van der Waals surface area contributed by atoms with Crippen LogP contribution in [0.15, 0.2) is 22.7 Å². The number of aryl methyl sites for hydroxylation is 1. The van der Waals surface area contributed by atoms with Crippen LogP contribution in [0, 0.1) is 12.8 Å². The quantitative estimate of drug-likeness (QED) is 0.864. The third kappa shape index (κ3) is 4.49. The highest BCUT2D eigenvalue weighted by Gasteiger charge is 2.22. The van der Waals surface area contributed by atoms with Gasteiger partial charge in [0.15, 0.2) is 6.61 Å². The van der Waals surface area contributed by atoms with Crippen LogP contribution in [-0.2, 0) is 4.79 Å². The summed E-state index contributed by atoms with van der Waals surface area (Å²) in [6, 6.07) is 5.74. The predicted molar refractivity (Wildman–Crippen MR) is 80.7 cm³/mol. The zero-order valence-electron chi connectivity index (χ0n) is 11.6. The van der Waals surface area contributed by atoms with Crippen molar-refractivity contribution in [2.24, 2.45) is 5.92 Å². The van der Waals surface area contributed by atoms with Crippen LogP contribution in [0.5, 0.6) is 5.75 Å². The molecule has 4 nitrogen and oxygen atoms in total. The summed E-state index contributed by atoms with van der Waals surface area (Å²) in [5.41, 5.74) is 1.13. The molecule has 0 radical (unpaired) electrons. The molecule has 2 unspecified atom stereocenters. The lowest BCUT2D eigenvalue weighted by Gasteiger charge is -2.12. The molecule has 1 aromatic rings. The summed E-state index contributed by atoms with van der Waals surface area (Å²) in [6.45, 7) is 2.63. The number of aliphatic hydroxyl groups is 1. The summed E-state index contributed by atoms with van der Waals surface area (Å²) in [6.07, 6.45) is 2.40. The number of hydrogen-bond acceptors (Lipinski definition) is 3. The molecule has 2 rings (SSSR count). The molecule has 110 valence electrons. The predicted octanol–water partition coefficient (Wildman–Crippen LogP) is 2.41. The fourth-order valence-electron chi connectivity index (χ4n) is 2.41. The monoisotopic (exact) mass is 341 g/mol. The van der Waals surface area contributed by atoms with Crippen molar-refractivity contribution in [3.63, 3.8) is 0 Å². The van der Waals surface area contributed by atoms with Crippen molar-refractivity contribution >= 4 is 21.8 Å². The zero-order chi connectivity index (χ0) is 14.5. The number of amides is 1. The molecule has 2 N–H and O–H groups in total. The zero-order valence-corrected chi connectivity index (χ0v) is 13.1. The molecular formula is C15H20BrNO3. The Morgan fingerprint density at radius 2 is 2.30 bits per heavy atom. The first-order chi connectivity index (χ1) is 9.54. The first-order valence-corrected chi connectivity index (χ1v) is 7.67. The van der Waals surface area contributed by atoms with Crippen molar-refractivity contribution < 1.29 is 14.6 Å². The minimum absolute atomic E-state index is 0.0108. The first-order valence-electron chi connectivity index (χ1n) is 6.88. The van der Waals surface area contributed by atoms with Gasteiger partial charge in [-0.05, 0) is 65.7 Å². The molecule has 1 aliphatic rings. The molecule has 1 fully saturated rings. The number of rotatable bonds is 5.